The quantitative estimate of drug-likeness (QED) is 0.658. The Labute approximate surface area is 95.5 Å². The molecule has 3 rings (SSSR count). The van der Waals surface area contributed by atoms with Crippen LogP contribution in [0, 0.1) is 0 Å². The van der Waals surface area contributed by atoms with Crippen LogP contribution in [-0.4, -0.2) is 24.7 Å². The number of imidazole rings is 1. The van der Waals surface area contributed by atoms with Gasteiger partial charge in [-0.05, 0) is 12.1 Å². The Bertz CT molecular complexity index is 668. The van der Waals surface area contributed by atoms with Gasteiger partial charge >= 0.3 is 0 Å². The van der Waals surface area contributed by atoms with E-state index in [1.165, 1.54) is 10.8 Å². The summed E-state index contributed by atoms with van der Waals surface area (Å²) in [5.41, 5.74) is 0.696. The number of H-pyrrole nitrogens is 1. The van der Waals surface area contributed by atoms with Gasteiger partial charge in [0.2, 0.25) is 5.82 Å². The van der Waals surface area contributed by atoms with Crippen LogP contribution in [0.1, 0.15) is 0 Å². The average molecular weight is 228 g/mol. The average Bonchev–Trinajstić information content (AvgIpc) is 2.89. The van der Waals surface area contributed by atoms with Gasteiger partial charge in [-0.2, -0.15) is 9.50 Å². The minimum absolute atomic E-state index is 0.205. The van der Waals surface area contributed by atoms with Crippen LogP contribution in [0.3, 0.4) is 0 Å². The van der Waals surface area contributed by atoms with Gasteiger partial charge < -0.3 is 5.11 Å². The minimum Gasteiger partial charge on any atom is -0.490 e. The molecule has 0 aliphatic heterocycles. The predicted molar refractivity (Wildman–Crippen MR) is 59.6 cm³/mol. The first-order chi connectivity index (χ1) is 8.34. The molecule has 0 atom stereocenters. The fourth-order valence-electron chi connectivity index (χ4n) is 1.43. The van der Waals surface area contributed by atoms with Gasteiger partial charge in [0, 0.05) is 0 Å². The van der Waals surface area contributed by atoms with E-state index in [-0.39, 0.29) is 11.7 Å². The van der Waals surface area contributed by atoms with E-state index >= 15 is 0 Å². The molecule has 2 N–H and O–H groups in total. The lowest BCUT2D eigenvalue weighted by Crippen LogP contribution is -1.80. The molecule has 0 saturated carbocycles. The highest BCUT2D eigenvalue weighted by Crippen LogP contribution is 2.27. The molecule has 0 spiro atoms. The first-order valence-corrected chi connectivity index (χ1v) is 4.92. The van der Waals surface area contributed by atoms with Gasteiger partial charge in [0.05, 0.1) is 5.69 Å². The number of nitrogens with zero attached hydrogens (tertiary/aromatic N) is 5. The van der Waals surface area contributed by atoms with Gasteiger partial charge in [-0.3, -0.25) is 5.10 Å². The fourth-order valence-corrected chi connectivity index (χ4v) is 1.43. The van der Waals surface area contributed by atoms with Crippen LogP contribution in [0.25, 0.3) is 5.78 Å². The Balaban J connectivity index is 2.02. The standard InChI is InChI=1S/C10H8N6O/c17-9-8(16-10(13-9)11-6-12-16)15-14-7-4-2-1-3-5-7/h1-6,17H,(H,11,12,13). The number of aromatic hydroxyl groups is 1. The van der Waals surface area contributed by atoms with Crippen LogP contribution in [0.15, 0.2) is 46.9 Å². The van der Waals surface area contributed by atoms with E-state index in [4.69, 9.17) is 0 Å². The van der Waals surface area contributed by atoms with Gasteiger partial charge in [-0.15, -0.1) is 10.2 Å². The summed E-state index contributed by atoms with van der Waals surface area (Å²) in [5.74, 6) is 0.370. The van der Waals surface area contributed by atoms with Gasteiger partial charge in [-0.1, -0.05) is 18.2 Å². The zero-order valence-electron chi connectivity index (χ0n) is 8.65. The summed E-state index contributed by atoms with van der Waals surface area (Å²) in [5, 5.41) is 20.3. The Morgan fingerprint density at radius 3 is 2.82 bits per heavy atom. The smallest absolute Gasteiger partial charge is 0.262 e. The third kappa shape index (κ3) is 1.63. The molecule has 0 saturated heterocycles. The highest BCUT2D eigenvalue weighted by atomic mass is 16.3. The van der Waals surface area contributed by atoms with Crippen molar-refractivity contribution in [3.05, 3.63) is 36.7 Å². The maximum Gasteiger partial charge on any atom is 0.262 e. The second kappa shape index (κ2) is 3.71. The van der Waals surface area contributed by atoms with Crippen LogP contribution in [0.2, 0.25) is 0 Å². The molecule has 7 nitrogen and oxygen atoms in total. The Morgan fingerprint density at radius 2 is 2.00 bits per heavy atom. The maximum absolute atomic E-state index is 9.56. The van der Waals surface area contributed by atoms with Crippen molar-refractivity contribution in [3.8, 4) is 5.88 Å². The SMILES string of the molecule is Oc1nc2nc[nH]n2c1N=Nc1ccccc1. The van der Waals surface area contributed by atoms with E-state index in [0.29, 0.717) is 11.5 Å². The van der Waals surface area contributed by atoms with Gasteiger partial charge in [0.25, 0.3) is 11.7 Å². The topological polar surface area (TPSA) is 90.9 Å². The summed E-state index contributed by atoms with van der Waals surface area (Å²) in [6.07, 6.45) is 1.46. The second-order valence-electron chi connectivity index (χ2n) is 3.32. The molecule has 3 aromatic rings. The van der Waals surface area contributed by atoms with Crippen LogP contribution in [0.5, 0.6) is 5.88 Å². The van der Waals surface area contributed by atoms with E-state index in [2.05, 4.69) is 25.3 Å². The molecule has 0 aliphatic carbocycles. The van der Waals surface area contributed by atoms with Crippen molar-refractivity contribution < 1.29 is 5.11 Å². The number of hydrogen-bond acceptors (Lipinski definition) is 5. The Hall–Kier alpha value is -2.70. The summed E-state index contributed by atoms with van der Waals surface area (Å²) in [7, 11) is 0. The molecule has 1 aromatic carbocycles. The molecule has 2 aromatic heterocycles. The third-order valence-electron chi connectivity index (χ3n) is 2.20. The van der Waals surface area contributed by atoms with E-state index in [1.54, 1.807) is 0 Å². The molecule has 0 unspecified atom stereocenters. The molecular weight excluding hydrogens is 220 g/mol. The number of rotatable bonds is 2. The van der Waals surface area contributed by atoms with Crippen molar-refractivity contribution >= 4 is 17.3 Å². The largest absolute Gasteiger partial charge is 0.490 e. The number of hydrogen-bond donors (Lipinski definition) is 2. The van der Waals surface area contributed by atoms with Gasteiger partial charge in [0.1, 0.15) is 6.33 Å². The van der Waals surface area contributed by atoms with E-state index in [1.807, 2.05) is 30.3 Å². The first kappa shape index (κ1) is 9.52. The van der Waals surface area contributed by atoms with Crippen LogP contribution < -0.4 is 0 Å². The summed E-state index contributed by atoms with van der Waals surface area (Å²) >= 11 is 0. The van der Waals surface area contributed by atoms with Gasteiger partial charge in [0.15, 0.2) is 0 Å². The number of fused-ring (bicyclic) bond motifs is 1. The van der Waals surface area contributed by atoms with Crippen LogP contribution >= 0.6 is 0 Å². The summed E-state index contributed by atoms with van der Waals surface area (Å²) in [6, 6.07) is 9.23. The van der Waals surface area contributed by atoms with Crippen molar-refractivity contribution in [2.24, 2.45) is 10.2 Å². The Morgan fingerprint density at radius 1 is 1.18 bits per heavy atom. The molecule has 0 radical (unpaired) electrons. The third-order valence-corrected chi connectivity index (χ3v) is 2.20. The highest BCUT2D eigenvalue weighted by molar-refractivity contribution is 5.50. The zero-order valence-corrected chi connectivity index (χ0v) is 8.65. The normalized spacial score (nSPS) is 11.5. The van der Waals surface area contributed by atoms with Crippen LogP contribution in [0.4, 0.5) is 11.5 Å². The minimum atomic E-state index is -0.205. The molecule has 0 aliphatic rings. The predicted octanol–water partition coefficient (Wildman–Crippen LogP) is 2.18. The maximum atomic E-state index is 9.56. The summed E-state index contributed by atoms with van der Waals surface area (Å²) in [4.78, 5) is 7.70. The number of aromatic nitrogens is 4. The van der Waals surface area contributed by atoms with Crippen molar-refractivity contribution in [1.82, 2.24) is 19.6 Å². The zero-order chi connectivity index (χ0) is 11.7. The number of aromatic amines is 1. The summed E-state index contributed by atoms with van der Waals surface area (Å²) < 4.78 is 1.45. The summed E-state index contributed by atoms with van der Waals surface area (Å²) in [6.45, 7) is 0. The molecule has 84 valence electrons. The molecule has 0 bridgehead atoms. The molecular formula is C10H8N6O. The van der Waals surface area contributed by atoms with E-state index in [0.717, 1.165) is 0 Å². The number of benzene rings is 1. The monoisotopic (exact) mass is 228 g/mol. The second-order valence-corrected chi connectivity index (χ2v) is 3.32. The van der Waals surface area contributed by atoms with Gasteiger partial charge in [-0.25, -0.2) is 4.98 Å². The van der Waals surface area contributed by atoms with E-state index < -0.39 is 0 Å². The van der Waals surface area contributed by atoms with E-state index in [9.17, 15) is 5.11 Å². The first-order valence-electron chi connectivity index (χ1n) is 4.92. The molecule has 2 heterocycles. The van der Waals surface area contributed by atoms with Crippen molar-refractivity contribution in [2.45, 2.75) is 0 Å². The molecule has 17 heavy (non-hydrogen) atoms. The van der Waals surface area contributed by atoms with Crippen molar-refractivity contribution in [3.63, 3.8) is 0 Å². The van der Waals surface area contributed by atoms with Crippen molar-refractivity contribution in [1.29, 1.82) is 0 Å². The number of azo groups is 1. The molecule has 7 heteroatoms. The lowest BCUT2D eigenvalue weighted by Gasteiger charge is -1.91. The fraction of sp³-hybridized carbons (Fsp3) is 0. The highest BCUT2D eigenvalue weighted by Gasteiger charge is 2.11. The lowest BCUT2D eigenvalue weighted by atomic mass is 10.3. The number of nitrogens with one attached hydrogen (secondary N) is 1. The Kier molecular flexibility index (Phi) is 2.08. The molecule has 0 fully saturated rings. The van der Waals surface area contributed by atoms with Crippen LogP contribution in [-0.2, 0) is 0 Å². The molecule has 0 amide bonds. The lowest BCUT2D eigenvalue weighted by molar-refractivity contribution is 0.457. The van der Waals surface area contributed by atoms with Crippen molar-refractivity contribution in [2.75, 3.05) is 0 Å².